The quantitative estimate of drug-likeness (QED) is 0.732. The molecule has 2 saturated carbocycles. The smallest absolute Gasteiger partial charge is 0.0334 e. The molecule has 0 amide bonds. The van der Waals surface area contributed by atoms with E-state index in [1.807, 2.05) is 0 Å². The summed E-state index contributed by atoms with van der Waals surface area (Å²) >= 11 is 0. The fourth-order valence-electron chi connectivity index (χ4n) is 2.94. The molecule has 0 aromatic heterocycles. The molecule has 1 unspecified atom stereocenters. The summed E-state index contributed by atoms with van der Waals surface area (Å²) in [7, 11) is 0. The summed E-state index contributed by atoms with van der Waals surface area (Å²) in [5.74, 6) is 2.04. The maximum atomic E-state index is 3.58. The van der Waals surface area contributed by atoms with Crippen molar-refractivity contribution >= 4 is 0 Å². The van der Waals surface area contributed by atoms with Crippen LogP contribution in [0.25, 0.3) is 0 Å². The topological polar surface area (TPSA) is 15.3 Å². The summed E-state index contributed by atoms with van der Waals surface area (Å²) in [6.07, 6.45) is 5.92. The first-order valence-corrected chi connectivity index (χ1v) is 6.25. The summed E-state index contributed by atoms with van der Waals surface area (Å²) in [4.78, 5) is 2.79. The van der Waals surface area contributed by atoms with Crippen molar-refractivity contribution in [3.05, 3.63) is 0 Å². The minimum Gasteiger partial charge on any atom is -0.314 e. The molecular formula is C12H22N2. The zero-order valence-corrected chi connectivity index (χ0v) is 9.26. The van der Waals surface area contributed by atoms with E-state index >= 15 is 0 Å². The monoisotopic (exact) mass is 194 g/mol. The zero-order valence-electron chi connectivity index (χ0n) is 9.26. The van der Waals surface area contributed by atoms with Crippen LogP contribution in [0.5, 0.6) is 0 Å². The molecule has 1 N–H and O–H groups in total. The number of nitrogens with one attached hydrogen (secondary N) is 1. The molecule has 1 aliphatic heterocycles. The van der Waals surface area contributed by atoms with E-state index in [1.165, 1.54) is 51.9 Å². The number of piperazine rings is 1. The molecule has 1 atom stereocenters. The molecule has 80 valence electrons. The van der Waals surface area contributed by atoms with Crippen molar-refractivity contribution < 1.29 is 0 Å². The molecule has 0 bridgehead atoms. The number of rotatable bonds is 3. The maximum absolute atomic E-state index is 3.58. The molecule has 0 spiro atoms. The highest BCUT2D eigenvalue weighted by Crippen LogP contribution is 2.44. The fraction of sp³-hybridized carbons (Fsp3) is 1.00. The van der Waals surface area contributed by atoms with E-state index in [0.717, 1.165) is 11.8 Å². The molecule has 2 heteroatoms. The normalized spacial score (nSPS) is 40.1. The van der Waals surface area contributed by atoms with Gasteiger partial charge in [-0.2, -0.15) is 0 Å². The highest BCUT2D eigenvalue weighted by atomic mass is 15.3. The first kappa shape index (κ1) is 9.17. The minimum atomic E-state index is 0.501. The highest BCUT2D eigenvalue weighted by Gasteiger charge is 2.47. The van der Waals surface area contributed by atoms with Gasteiger partial charge in [0.05, 0.1) is 0 Å². The van der Waals surface area contributed by atoms with Crippen LogP contribution in [0.3, 0.4) is 0 Å². The number of nitrogens with zero attached hydrogens (tertiary/aromatic N) is 1. The van der Waals surface area contributed by atoms with Crippen molar-refractivity contribution in [2.24, 2.45) is 11.8 Å². The molecule has 3 fully saturated rings. The van der Waals surface area contributed by atoms with Gasteiger partial charge < -0.3 is 5.32 Å². The zero-order chi connectivity index (χ0) is 9.60. The molecule has 3 aliphatic rings. The summed E-state index contributed by atoms with van der Waals surface area (Å²) < 4.78 is 0. The number of hydrogen-bond donors (Lipinski definition) is 1. The van der Waals surface area contributed by atoms with Crippen LogP contribution in [0.15, 0.2) is 0 Å². The van der Waals surface area contributed by atoms with Crippen molar-refractivity contribution in [3.8, 4) is 0 Å². The van der Waals surface area contributed by atoms with E-state index < -0.39 is 0 Å². The van der Waals surface area contributed by atoms with Crippen LogP contribution in [-0.2, 0) is 0 Å². The Morgan fingerprint density at radius 1 is 1.29 bits per heavy atom. The second-order valence-electron chi connectivity index (χ2n) is 5.70. The fourth-order valence-corrected chi connectivity index (χ4v) is 2.94. The summed E-state index contributed by atoms with van der Waals surface area (Å²) in [6, 6.07) is 0. The maximum Gasteiger partial charge on any atom is 0.0334 e. The van der Waals surface area contributed by atoms with E-state index in [4.69, 9.17) is 0 Å². The third kappa shape index (κ3) is 1.59. The molecule has 0 aromatic carbocycles. The lowest BCUT2D eigenvalue weighted by molar-refractivity contribution is 0.0515. The first-order valence-electron chi connectivity index (χ1n) is 6.25. The molecule has 1 saturated heterocycles. The second-order valence-corrected chi connectivity index (χ2v) is 5.70. The van der Waals surface area contributed by atoms with Gasteiger partial charge >= 0.3 is 0 Å². The Hall–Kier alpha value is -0.0800. The standard InChI is InChI=1S/C12H22N2/c1-12(11-4-5-11)9-13-6-7-14(12)8-10-2-3-10/h10-11,13H,2-9H2,1H3. The summed E-state index contributed by atoms with van der Waals surface area (Å²) in [5, 5.41) is 3.58. The Labute approximate surface area is 87.0 Å². The van der Waals surface area contributed by atoms with E-state index in [1.54, 1.807) is 0 Å². The van der Waals surface area contributed by atoms with Crippen molar-refractivity contribution in [2.45, 2.75) is 38.1 Å². The van der Waals surface area contributed by atoms with Crippen LogP contribution < -0.4 is 5.32 Å². The van der Waals surface area contributed by atoms with Crippen molar-refractivity contribution in [3.63, 3.8) is 0 Å². The van der Waals surface area contributed by atoms with Gasteiger partial charge in [-0.3, -0.25) is 4.90 Å². The van der Waals surface area contributed by atoms with Gasteiger partial charge in [-0.25, -0.2) is 0 Å². The predicted octanol–water partition coefficient (Wildman–Crippen LogP) is 1.47. The van der Waals surface area contributed by atoms with Crippen LogP contribution in [0, 0.1) is 11.8 Å². The summed E-state index contributed by atoms with van der Waals surface area (Å²) in [6.45, 7) is 7.58. The van der Waals surface area contributed by atoms with Gasteiger partial charge in [-0.05, 0) is 44.4 Å². The van der Waals surface area contributed by atoms with E-state index in [0.29, 0.717) is 5.54 Å². The highest BCUT2D eigenvalue weighted by molar-refractivity contribution is 5.03. The van der Waals surface area contributed by atoms with Crippen molar-refractivity contribution in [1.29, 1.82) is 0 Å². The average molecular weight is 194 g/mol. The van der Waals surface area contributed by atoms with Gasteiger partial charge in [0.1, 0.15) is 0 Å². The van der Waals surface area contributed by atoms with Crippen LogP contribution in [0.1, 0.15) is 32.6 Å². The van der Waals surface area contributed by atoms with Gasteiger partial charge in [0.25, 0.3) is 0 Å². The third-order valence-electron chi connectivity index (χ3n) is 4.40. The SMILES string of the molecule is CC1(C2CC2)CNCCN1CC1CC1. The van der Waals surface area contributed by atoms with Crippen LogP contribution >= 0.6 is 0 Å². The molecular weight excluding hydrogens is 172 g/mol. The van der Waals surface area contributed by atoms with Crippen LogP contribution in [0.2, 0.25) is 0 Å². The van der Waals surface area contributed by atoms with E-state index in [2.05, 4.69) is 17.1 Å². The average Bonchev–Trinajstić information content (AvgIpc) is 3.03. The molecule has 2 nitrogen and oxygen atoms in total. The lowest BCUT2D eigenvalue weighted by Crippen LogP contribution is -2.61. The van der Waals surface area contributed by atoms with Gasteiger partial charge in [-0.15, -0.1) is 0 Å². The van der Waals surface area contributed by atoms with Crippen molar-refractivity contribution in [2.75, 3.05) is 26.2 Å². The lowest BCUT2D eigenvalue weighted by Gasteiger charge is -2.46. The predicted molar refractivity (Wildman–Crippen MR) is 58.3 cm³/mol. The molecule has 2 aliphatic carbocycles. The molecule has 3 rings (SSSR count). The Morgan fingerprint density at radius 2 is 2.07 bits per heavy atom. The van der Waals surface area contributed by atoms with Gasteiger partial charge in [-0.1, -0.05) is 0 Å². The molecule has 0 aromatic rings. The first-order chi connectivity index (χ1) is 6.79. The van der Waals surface area contributed by atoms with Gasteiger partial charge in [0.15, 0.2) is 0 Å². The molecule has 1 heterocycles. The van der Waals surface area contributed by atoms with Crippen molar-refractivity contribution in [1.82, 2.24) is 10.2 Å². The Balaban J connectivity index is 1.69. The number of hydrogen-bond acceptors (Lipinski definition) is 2. The van der Waals surface area contributed by atoms with Gasteiger partial charge in [0.2, 0.25) is 0 Å². The summed E-state index contributed by atoms with van der Waals surface area (Å²) in [5.41, 5.74) is 0.501. The molecule has 14 heavy (non-hydrogen) atoms. The van der Waals surface area contributed by atoms with Gasteiger partial charge in [0, 0.05) is 31.7 Å². The largest absolute Gasteiger partial charge is 0.314 e. The van der Waals surface area contributed by atoms with E-state index in [-0.39, 0.29) is 0 Å². The van der Waals surface area contributed by atoms with Crippen LogP contribution in [-0.4, -0.2) is 36.6 Å². The Morgan fingerprint density at radius 3 is 2.71 bits per heavy atom. The Kier molecular flexibility index (Phi) is 2.10. The minimum absolute atomic E-state index is 0.501. The van der Waals surface area contributed by atoms with E-state index in [9.17, 15) is 0 Å². The van der Waals surface area contributed by atoms with Crippen LogP contribution in [0.4, 0.5) is 0 Å². The lowest BCUT2D eigenvalue weighted by atomic mass is 9.91. The molecule has 0 radical (unpaired) electrons. The second kappa shape index (κ2) is 3.21. The Bertz CT molecular complexity index is 220. The third-order valence-corrected chi connectivity index (χ3v) is 4.40.